The van der Waals surface area contributed by atoms with Crippen LogP contribution in [0.4, 0.5) is 4.79 Å². The predicted molar refractivity (Wildman–Crippen MR) is 74.0 cm³/mol. The van der Waals surface area contributed by atoms with E-state index in [4.69, 9.17) is 5.11 Å². The third-order valence-corrected chi connectivity index (χ3v) is 3.43. The molecular formula is C14H26N2O3. The summed E-state index contributed by atoms with van der Waals surface area (Å²) in [6.07, 6.45) is 3.92. The standard InChI is InChI=1S/C14H26N2O3/c1-10(2)16(9-12-7-8-12)14(19)15-11(3)5-4-6-13(17)18/h10-12H,4-9H2,1-3H3,(H,15,19)(H,17,18). The maximum Gasteiger partial charge on any atom is 0.317 e. The van der Waals surface area contributed by atoms with Crippen LogP contribution in [0.2, 0.25) is 0 Å². The molecule has 0 aromatic rings. The lowest BCUT2D eigenvalue weighted by atomic mass is 10.1. The Labute approximate surface area is 115 Å². The van der Waals surface area contributed by atoms with Crippen molar-refractivity contribution >= 4 is 12.0 Å². The van der Waals surface area contributed by atoms with Crippen molar-refractivity contribution in [1.29, 1.82) is 0 Å². The van der Waals surface area contributed by atoms with E-state index in [2.05, 4.69) is 5.32 Å². The summed E-state index contributed by atoms with van der Waals surface area (Å²) in [5.41, 5.74) is 0. The number of carbonyl (C=O) groups excluding carboxylic acids is 1. The van der Waals surface area contributed by atoms with Gasteiger partial charge < -0.3 is 15.3 Å². The molecular weight excluding hydrogens is 244 g/mol. The van der Waals surface area contributed by atoms with Crippen molar-refractivity contribution in [2.24, 2.45) is 5.92 Å². The second-order valence-electron chi connectivity index (χ2n) is 5.83. The van der Waals surface area contributed by atoms with Crippen LogP contribution in [0, 0.1) is 5.92 Å². The Hall–Kier alpha value is -1.26. The molecule has 1 fully saturated rings. The monoisotopic (exact) mass is 270 g/mol. The predicted octanol–water partition coefficient (Wildman–Crippen LogP) is 2.46. The molecule has 2 N–H and O–H groups in total. The van der Waals surface area contributed by atoms with Crippen LogP contribution in [-0.4, -0.2) is 40.6 Å². The molecule has 0 saturated heterocycles. The summed E-state index contributed by atoms with van der Waals surface area (Å²) in [6, 6.07) is 0.198. The van der Waals surface area contributed by atoms with Crippen molar-refractivity contribution in [1.82, 2.24) is 10.2 Å². The van der Waals surface area contributed by atoms with Crippen molar-refractivity contribution in [3.8, 4) is 0 Å². The zero-order valence-electron chi connectivity index (χ0n) is 12.2. The molecule has 1 aliphatic carbocycles. The summed E-state index contributed by atoms with van der Waals surface area (Å²) >= 11 is 0. The minimum atomic E-state index is -0.781. The van der Waals surface area contributed by atoms with Gasteiger partial charge in [-0.15, -0.1) is 0 Å². The van der Waals surface area contributed by atoms with Gasteiger partial charge in [0.05, 0.1) is 0 Å². The number of carbonyl (C=O) groups is 2. The zero-order valence-corrected chi connectivity index (χ0v) is 12.2. The maximum absolute atomic E-state index is 12.2. The highest BCUT2D eigenvalue weighted by Crippen LogP contribution is 2.30. The van der Waals surface area contributed by atoms with Crippen LogP contribution < -0.4 is 5.32 Å². The van der Waals surface area contributed by atoms with Crippen LogP contribution in [0.25, 0.3) is 0 Å². The molecule has 1 atom stereocenters. The van der Waals surface area contributed by atoms with Crippen LogP contribution in [0.5, 0.6) is 0 Å². The van der Waals surface area contributed by atoms with Crippen molar-refractivity contribution in [2.45, 2.75) is 65.0 Å². The highest BCUT2D eigenvalue weighted by molar-refractivity contribution is 5.74. The number of amides is 2. The van der Waals surface area contributed by atoms with E-state index in [1.165, 1.54) is 12.8 Å². The summed E-state index contributed by atoms with van der Waals surface area (Å²) in [5, 5.41) is 11.5. The minimum absolute atomic E-state index is 0.0207. The first-order chi connectivity index (χ1) is 8.90. The quantitative estimate of drug-likeness (QED) is 0.712. The van der Waals surface area contributed by atoms with Gasteiger partial charge in [0.25, 0.3) is 0 Å². The molecule has 5 heteroatoms. The Kier molecular flexibility index (Phi) is 6.12. The van der Waals surface area contributed by atoms with Crippen LogP contribution in [-0.2, 0) is 4.79 Å². The van der Waals surface area contributed by atoms with E-state index in [1.807, 2.05) is 25.7 Å². The first-order valence-corrected chi connectivity index (χ1v) is 7.19. The third kappa shape index (κ3) is 6.45. The van der Waals surface area contributed by atoms with Crippen molar-refractivity contribution in [3.63, 3.8) is 0 Å². The summed E-state index contributed by atoms with van der Waals surface area (Å²) in [4.78, 5) is 24.5. The molecule has 0 bridgehead atoms. The van der Waals surface area contributed by atoms with E-state index in [0.29, 0.717) is 18.8 Å². The van der Waals surface area contributed by atoms with Gasteiger partial charge in [0.1, 0.15) is 0 Å². The van der Waals surface area contributed by atoms with Gasteiger partial charge in [-0.3, -0.25) is 4.79 Å². The maximum atomic E-state index is 12.2. The molecule has 0 aromatic heterocycles. The van der Waals surface area contributed by atoms with E-state index in [9.17, 15) is 9.59 Å². The summed E-state index contributed by atoms with van der Waals surface area (Å²) < 4.78 is 0. The fraction of sp³-hybridized carbons (Fsp3) is 0.857. The molecule has 0 heterocycles. The molecule has 110 valence electrons. The Bertz CT molecular complexity index is 314. The third-order valence-electron chi connectivity index (χ3n) is 3.43. The normalized spacial score (nSPS) is 16.2. The minimum Gasteiger partial charge on any atom is -0.481 e. The molecule has 1 saturated carbocycles. The van der Waals surface area contributed by atoms with Crippen molar-refractivity contribution in [3.05, 3.63) is 0 Å². The van der Waals surface area contributed by atoms with Crippen molar-refractivity contribution < 1.29 is 14.7 Å². The van der Waals surface area contributed by atoms with Gasteiger partial charge in [-0.05, 0) is 52.4 Å². The van der Waals surface area contributed by atoms with Crippen LogP contribution in [0.15, 0.2) is 0 Å². The topological polar surface area (TPSA) is 69.6 Å². The Balaban J connectivity index is 2.31. The molecule has 0 radical (unpaired) electrons. The van der Waals surface area contributed by atoms with Crippen LogP contribution in [0.3, 0.4) is 0 Å². The molecule has 1 unspecified atom stereocenters. The van der Waals surface area contributed by atoms with E-state index in [0.717, 1.165) is 6.54 Å². The number of carboxylic acid groups (broad SMARTS) is 1. The largest absolute Gasteiger partial charge is 0.481 e. The van der Waals surface area contributed by atoms with Gasteiger partial charge in [-0.2, -0.15) is 0 Å². The van der Waals surface area contributed by atoms with Gasteiger partial charge >= 0.3 is 12.0 Å². The SMILES string of the molecule is CC(CCCC(=O)O)NC(=O)N(CC1CC1)C(C)C. The molecule has 0 spiro atoms. The molecule has 1 aliphatic rings. The van der Waals surface area contributed by atoms with Gasteiger partial charge in [0, 0.05) is 25.0 Å². The van der Waals surface area contributed by atoms with E-state index in [-0.39, 0.29) is 24.5 Å². The Morgan fingerprint density at radius 1 is 1.32 bits per heavy atom. The lowest BCUT2D eigenvalue weighted by molar-refractivity contribution is -0.137. The number of hydrogen-bond donors (Lipinski definition) is 2. The molecule has 5 nitrogen and oxygen atoms in total. The second kappa shape index (κ2) is 7.36. The van der Waals surface area contributed by atoms with Crippen LogP contribution in [0.1, 0.15) is 52.9 Å². The van der Waals surface area contributed by atoms with Gasteiger partial charge in [0.2, 0.25) is 0 Å². The molecule has 0 aliphatic heterocycles. The summed E-state index contributed by atoms with van der Waals surface area (Å²) in [7, 11) is 0. The van der Waals surface area contributed by atoms with Gasteiger partial charge in [0.15, 0.2) is 0 Å². The summed E-state index contributed by atoms with van der Waals surface area (Å²) in [5.74, 6) is -0.105. The average molecular weight is 270 g/mol. The Morgan fingerprint density at radius 3 is 2.42 bits per heavy atom. The zero-order chi connectivity index (χ0) is 14.4. The number of carboxylic acids is 1. The van der Waals surface area contributed by atoms with Gasteiger partial charge in [-0.1, -0.05) is 0 Å². The highest BCUT2D eigenvalue weighted by Gasteiger charge is 2.28. The molecule has 19 heavy (non-hydrogen) atoms. The Morgan fingerprint density at radius 2 is 1.95 bits per heavy atom. The fourth-order valence-corrected chi connectivity index (χ4v) is 2.03. The first-order valence-electron chi connectivity index (χ1n) is 7.19. The number of nitrogens with one attached hydrogen (secondary N) is 1. The number of rotatable bonds is 8. The summed E-state index contributed by atoms with van der Waals surface area (Å²) in [6.45, 7) is 6.81. The number of aliphatic carboxylic acids is 1. The fourth-order valence-electron chi connectivity index (χ4n) is 2.03. The van der Waals surface area contributed by atoms with E-state index >= 15 is 0 Å². The average Bonchev–Trinajstić information content (AvgIpc) is 3.08. The number of nitrogens with zero attached hydrogens (tertiary/aromatic N) is 1. The highest BCUT2D eigenvalue weighted by atomic mass is 16.4. The van der Waals surface area contributed by atoms with E-state index in [1.54, 1.807) is 0 Å². The smallest absolute Gasteiger partial charge is 0.317 e. The molecule has 0 aromatic carbocycles. The lowest BCUT2D eigenvalue weighted by Crippen LogP contribution is -2.47. The number of hydrogen-bond acceptors (Lipinski definition) is 2. The van der Waals surface area contributed by atoms with Gasteiger partial charge in [-0.25, -0.2) is 4.79 Å². The molecule has 1 rings (SSSR count). The van der Waals surface area contributed by atoms with Crippen molar-refractivity contribution in [2.75, 3.05) is 6.54 Å². The second-order valence-corrected chi connectivity index (χ2v) is 5.83. The van der Waals surface area contributed by atoms with E-state index < -0.39 is 5.97 Å². The van der Waals surface area contributed by atoms with Crippen LogP contribution >= 0.6 is 0 Å². The first kappa shape index (κ1) is 15.8. The molecule has 2 amide bonds. The number of urea groups is 1. The lowest BCUT2D eigenvalue weighted by Gasteiger charge is -2.28.